The van der Waals surface area contributed by atoms with E-state index in [1.807, 2.05) is 25.4 Å². The normalized spacial score (nSPS) is 17.3. The van der Waals surface area contributed by atoms with Gasteiger partial charge in [0.1, 0.15) is 11.6 Å². The average molecular weight is 242 g/mol. The monoisotopic (exact) mass is 242 g/mol. The van der Waals surface area contributed by atoms with Gasteiger partial charge in [-0.2, -0.15) is 0 Å². The number of fused-ring (bicyclic) bond motifs is 1. The first-order valence-corrected chi connectivity index (χ1v) is 6.57. The van der Waals surface area contributed by atoms with Gasteiger partial charge in [0.2, 0.25) is 0 Å². The second-order valence-electron chi connectivity index (χ2n) is 5.16. The van der Waals surface area contributed by atoms with Crippen molar-refractivity contribution < 1.29 is 0 Å². The molecule has 0 unspecified atom stereocenters. The summed E-state index contributed by atoms with van der Waals surface area (Å²) in [5.41, 5.74) is 0.943. The third-order valence-corrected chi connectivity index (χ3v) is 3.67. The minimum Gasteiger partial charge on any atom is -0.356 e. The average Bonchev–Trinajstić information content (AvgIpc) is 2.38. The van der Waals surface area contributed by atoms with Crippen LogP contribution >= 0.6 is 0 Å². The predicted octanol–water partition coefficient (Wildman–Crippen LogP) is 2.57. The number of hydrogen-bond acceptors (Lipinski definition) is 4. The Balaban J connectivity index is 2.05. The first-order valence-electron chi connectivity index (χ1n) is 6.57. The molecule has 1 aliphatic heterocycles. The summed E-state index contributed by atoms with van der Waals surface area (Å²) in [6.07, 6.45) is 6.13. The van der Waals surface area contributed by atoms with E-state index >= 15 is 0 Å². The molecule has 0 aliphatic carbocycles. The van der Waals surface area contributed by atoms with Gasteiger partial charge in [0.15, 0.2) is 0 Å². The fourth-order valence-corrected chi connectivity index (χ4v) is 2.54. The summed E-state index contributed by atoms with van der Waals surface area (Å²) in [5, 5.41) is 1.12. The Kier molecular flexibility index (Phi) is 2.86. The van der Waals surface area contributed by atoms with Crippen LogP contribution in [0.3, 0.4) is 0 Å². The quantitative estimate of drug-likeness (QED) is 0.770. The molecule has 0 N–H and O–H groups in total. The van der Waals surface area contributed by atoms with Gasteiger partial charge in [-0.3, -0.25) is 4.98 Å². The van der Waals surface area contributed by atoms with Gasteiger partial charge in [0, 0.05) is 24.7 Å². The Labute approximate surface area is 107 Å². The zero-order chi connectivity index (χ0) is 12.5. The van der Waals surface area contributed by atoms with E-state index < -0.39 is 0 Å². The van der Waals surface area contributed by atoms with Gasteiger partial charge in [-0.05, 0) is 31.7 Å². The summed E-state index contributed by atoms with van der Waals surface area (Å²) in [6, 6.07) is 2.02. The lowest BCUT2D eigenvalue weighted by Gasteiger charge is -2.31. The molecule has 0 bridgehead atoms. The van der Waals surface area contributed by atoms with E-state index in [-0.39, 0.29) is 0 Å². The van der Waals surface area contributed by atoms with Gasteiger partial charge in [0.25, 0.3) is 0 Å². The topological polar surface area (TPSA) is 41.9 Å². The maximum absolute atomic E-state index is 4.64. The Morgan fingerprint density at radius 1 is 1.22 bits per heavy atom. The van der Waals surface area contributed by atoms with E-state index in [9.17, 15) is 0 Å². The van der Waals surface area contributed by atoms with Gasteiger partial charge in [-0.25, -0.2) is 9.97 Å². The largest absolute Gasteiger partial charge is 0.356 e. The molecule has 1 fully saturated rings. The van der Waals surface area contributed by atoms with Crippen LogP contribution < -0.4 is 4.90 Å². The van der Waals surface area contributed by atoms with Crippen LogP contribution in [-0.2, 0) is 0 Å². The third-order valence-electron chi connectivity index (χ3n) is 3.67. The molecule has 0 aromatic carbocycles. The molecule has 4 heteroatoms. The molecule has 2 aromatic heterocycles. The first-order chi connectivity index (χ1) is 8.74. The van der Waals surface area contributed by atoms with Crippen molar-refractivity contribution in [1.82, 2.24) is 15.0 Å². The Morgan fingerprint density at radius 2 is 2.00 bits per heavy atom. The van der Waals surface area contributed by atoms with Crippen LogP contribution in [-0.4, -0.2) is 28.0 Å². The molecular formula is C14H18N4. The highest BCUT2D eigenvalue weighted by molar-refractivity contribution is 5.88. The molecule has 4 nitrogen and oxygen atoms in total. The van der Waals surface area contributed by atoms with Crippen LogP contribution in [0.2, 0.25) is 0 Å². The smallest absolute Gasteiger partial charge is 0.140 e. The van der Waals surface area contributed by atoms with Crippen LogP contribution in [0.25, 0.3) is 10.9 Å². The summed E-state index contributed by atoms with van der Waals surface area (Å²) in [6.45, 7) is 6.46. The molecule has 0 spiro atoms. The van der Waals surface area contributed by atoms with E-state index in [2.05, 4.69) is 26.8 Å². The highest BCUT2D eigenvalue weighted by Gasteiger charge is 2.19. The standard InChI is InChI=1S/C14H18N4/c1-10-4-7-18(8-5-10)14-12-3-6-15-9-13(12)16-11(2)17-14/h3,6,9-10H,4-5,7-8H2,1-2H3. The number of aryl methyl sites for hydroxylation is 1. The van der Waals surface area contributed by atoms with Gasteiger partial charge < -0.3 is 4.90 Å². The summed E-state index contributed by atoms with van der Waals surface area (Å²) in [7, 11) is 0. The van der Waals surface area contributed by atoms with Crippen molar-refractivity contribution in [2.75, 3.05) is 18.0 Å². The number of pyridine rings is 1. The zero-order valence-corrected chi connectivity index (χ0v) is 10.9. The van der Waals surface area contributed by atoms with E-state index in [1.54, 1.807) is 0 Å². The van der Waals surface area contributed by atoms with E-state index in [1.165, 1.54) is 12.8 Å². The fourth-order valence-electron chi connectivity index (χ4n) is 2.54. The van der Waals surface area contributed by atoms with Crippen LogP contribution in [0, 0.1) is 12.8 Å². The van der Waals surface area contributed by atoms with E-state index in [0.29, 0.717) is 0 Å². The fraction of sp³-hybridized carbons (Fsp3) is 0.500. The molecule has 0 saturated carbocycles. The summed E-state index contributed by atoms with van der Waals surface area (Å²) < 4.78 is 0. The number of rotatable bonds is 1. The second-order valence-corrected chi connectivity index (χ2v) is 5.16. The van der Waals surface area contributed by atoms with Gasteiger partial charge in [-0.15, -0.1) is 0 Å². The molecule has 3 rings (SSSR count). The highest BCUT2D eigenvalue weighted by atomic mass is 15.2. The molecule has 1 saturated heterocycles. The zero-order valence-electron chi connectivity index (χ0n) is 10.9. The van der Waals surface area contributed by atoms with Crippen molar-refractivity contribution in [3.8, 4) is 0 Å². The molecule has 2 aromatic rings. The number of piperidine rings is 1. The lowest BCUT2D eigenvalue weighted by molar-refractivity contribution is 0.437. The number of nitrogens with zero attached hydrogens (tertiary/aromatic N) is 4. The van der Waals surface area contributed by atoms with Crippen LogP contribution in [0.1, 0.15) is 25.6 Å². The lowest BCUT2D eigenvalue weighted by atomic mass is 9.99. The number of aromatic nitrogens is 3. The Hall–Kier alpha value is -1.71. The minimum absolute atomic E-state index is 0.823. The van der Waals surface area contributed by atoms with Crippen LogP contribution in [0.5, 0.6) is 0 Å². The van der Waals surface area contributed by atoms with E-state index in [4.69, 9.17) is 0 Å². The highest BCUT2D eigenvalue weighted by Crippen LogP contribution is 2.27. The molecule has 0 radical (unpaired) electrons. The Morgan fingerprint density at radius 3 is 2.78 bits per heavy atom. The van der Waals surface area contributed by atoms with Crippen molar-refractivity contribution in [1.29, 1.82) is 0 Å². The van der Waals surface area contributed by atoms with Crippen LogP contribution in [0.4, 0.5) is 5.82 Å². The third kappa shape index (κ3) is 2.03. The van der Waals surface area contributed by atoms with Crippen LogP contribution in [0.15, 0.2) is 18.5 Å². The minimum atomic E-state index is 0.823. The first kappa shape index (κ1) is 11.4. The molecule has 0 amide bonds. The van der Waals surface area contributed by atoms with E-state index in [0.717, 1.165) is 41.6 Å². The summed E-state index contributed by atoms with van der Waals surface area (Å²) in [4.78, 5) is 15.6. The van der Waals surface area contributed by atoms with Gasteiger partial charge in [0.05, 0.1) is 11.7 Å². The molecule has 1 aliphatic rings. The molecule has 3 heterocycles. The van der Waals surface area contributed by atoms with Gasteiger partial charge >= 0.3 is 0 Å². The molecule has 18 heavy (non-hydrogen) atoms. The van der Waals surface area contributed by atoms with Crippen molar-refractivity contribution in [2.24, 2.45) is 5.92 Å². The summed E-state index contributed by atoms with van der Waals surface area (Å²) in [5.74, 6) is 2.73. The van der Waals surface area contributed by atoms with Crippen molar-refractivity contribution in [2.45, 2.75) is 26.7 Å². The van der Waals surface area contributed by atoms with Crippen molar-refractivity contribution in [3.63, 3.8) is 0 Å². The molecular weight excluding hydrogens is 224 g/mol. The van der Waals surface area contributed by atoms with Crippen molar-refractivity contribution >= 4 is 16.7 Å². The molecule has 0 atom stereocenters. The predicted molar refractivity (Wildman–Crippen MR) is 72.7 cm³/mol. The summed E-state index contributed by atoms with van der Waals surface area (Å²) >= 11 is 0. The lowest BCUT2D eigenvalue weighted by Crippen LogP contribution is -2.33. The second kappa shape index (κ2) is 4.52. The number of hydrogen-bond donors (Lipinski definition) is 0. The van der Waals surface area contributed by atoms with Crippen molar-refractivity contribution in [3.05, 3.63) is 24.3 Å². The maximum atomic E-state index is 4.64. The SMILES string of the molecule is Cc1nc(N2CCC(C)CC2)c2ccncc2n1. The number of anilines is 1. The Bertz CT molecular complexity index is 559. The molecule has 94 valence electrons. The van der Waals surface area contributed by atoms with Gasteiger partial charge in [-0.1, -0.05) is 6.92 Å². The maximum Gasteiger partial charge on any atom is 0.140 e.